The van der Waals surface area contributed by atoms with E-state index in [2.05, 4.69) is 15.0 Å². The van der Waals surface area contributed by atoms with Crippen molar-refractivity contribution in [1.82, 2.24) is 19.5 Å². The van der Waals surface area contributed by atoms with E-state index in [1.165, 1.54) is 16.8 Å². The van der Waals surface area contributed by atoms with Crippen LogP contribution in [0.15, 0.2) is 46.1 Å². The van der Waals surface area contributed by atoms with Gasteiger partial charge in [0.25, 0.3) is 11.1 Å². The van der Waals surface area contributed by atoms with Crippen molar-refractivity contribution in [1.29, 1.82) is 0 Å². The van der Waals surface area contributed by atoms with Gasteiger partial charge in [-0.2, -0.15) is 0 Å². The highest BCUT2D eigenvalue weighted by atomic mass is 32.1. The van der Waals surface area contributed by atoms with Gasteiger partial charge in [0.1, 0.15) is 5.69 Å². The summed E-state index contributed by atoms with van der Waals surface area (Å²) in [7, 11) is 0. The number of hydrogen-bond acceptors (Lipinski definition) is 4. The maximum atomic E-state index is 11.9. The minimum Gasteiger partial charge on any atom is -0.319 e. The first-order valence-electron chi connectivity index (χ1n) is 6.12. The van der Waals surface area contributed by atoms with Crippen molar-refractivity contribution in [2.45, 2.75) is 0 Å². The number of H-pyrrole nitrogens is 2. The van der Waals surface area contributed by atoms with Crippen LogP contribution in [0.1, 0.15) is 5.69 Å². The normalized spacial score (nSPS) is 11.2. The summed E-state index contributed by atoms with van der Waals surface area (Å²) in [5, 5.41) is 0. The van der Waals surface area contributed by atoms with Crippen LogP contribution in [0.5, 0.6) is 0 Å². The molecule has 0 saturated heterocycles. The van der Waals surface area contributed by atoms with Crippen LogP contribution in [0.3, 0.4) is 0 Å². The van der Waals surface area contributed by atoms with Gasteiger partial charge in [0.15, 0.2) is 4.77 Å². The monoisotopic (exact) mass is 298 g/mol. The van der Waals surface area contributed by atoms with E-state index in [4.69, 9.17) is 12.2 Å². The van der Waals surface area contributed by atoms with Crippen LogP contribution in [0, 0.1) is 4.77 Å². The molecule has 0 fully saturated rings. The van der Waals surface area contributed by atoms with Crippen LogP contribution >= 0.6 is 12.2 Å². The zero-order valence-electron chi connectivity index (χ0n) is 10.7. The fraction of sp³-hybridized carbons (Fsp3) is 0. The van der Waals surface area contributed by atoms with Crippen molar-refractivity contribution in [2.75, 3.05) is 0 Å². The van der Waals surface area contributed by atoms with Crippen molar-refractivity contribution in [3.8, 4) is 0 Å². The summed E-state index contributed by atoms with van der Waals surface area (Å²) in [4.78, 5) is 32.5. The molecule has 0 bridgehead atoms. The Labute approximate surface area is 123 Å². The first-order valence-corrected chi connectivity index (χ1v) is 6.53. The van der Waals surface area contributed by atoms with Gasteiger partial charge in [-0.05, 0) is 30.4 Å². The van der Waals surface area contributed by atoms with Crippen LogP contribution in [0.2, 0.25) is 0 Å². The second-order valence-electron chi connectivity index (χ2n) is 4.30. The van der Waals surface area contributed by atoms with Crippen molar-refractivity contribution >= 4 is 35.5 Å². The van der Waals surface area contributed by atoms with Crippen molar-refractivity contribution in [3.63, 3.8) is 0 Å². The lowest BCUT2D eigenvalue weighted by Crippen LogP contribution is -2.12. The summed E-state index contributed by atoms with van der Waals surface area (Å²) in [5.74, 6) is 0. The van der Waals surface area contributed by atoms with E-state index in [9.17, 15) is 9.59 Å². The third-order valence-electron chi connectivity index (χ3n) is 2.87. The summed E-state index contributed by atoms with van der Waals surface area (Å²) >= 11 is 5.01. The van der Waals surface area contributed by atoms with Crippen molar-refractivity contribution in [2.24, 2.45) is 0 Å². The van der Waals surface area contributed by atoms with E-state index in [0.29, 0.717) is 11.0 Å². The zero-order valence-corrected chi connectivity index (χ0v) is 11.6. The first-order chi connectivity index (χ1) is 10.1. The third kappa shape index (κ3) is 2.72. The topological polar surface area (TPSA) is 83.5 Å². The molecular weight excluding hydrogens is 288 g/mol. The van der Waals surface area contributed by atoms with E-state index < -0.39 is 0 Å². The van der Waals surface area contributed by atoms with E-state index in [1.807, 2.05) is 18.2 Å². The fourth-order valence-electron chi connectivity index (χ4n) is 1.85. The molecule has 3 rings (SSSR count). The molecule has 21 heavy (non-hydrogen) atoms. The van der Waals surface area contributed by atoms with Gasteiger partial charge >= 0.3 is 0 Å². The van der Waals surface area contributed by atoms with Crippen molar-refractivity contribution < 1.29 is 0 Å². The van der Waals surface area contributed by atoms with Gasteiger partial charge in [0.2, 0.25) is 0 Å². The molecule has 1 aromatic carbocycles. The maximum absolute atomic E-state index is 11.9. The van der Waals surface area contributed by atoms with E-state index in [1.54, 1.807) is 18.3 Å². The number of rotatable bonds is 2. The largest absolute Gasteiger partial charge is 0.319 e. The van der Waals surface area contributed by atoms with Gasteiger partial charge in [-0.25, -0.2) is 4.98 Å². The Hall–Kier alpha value is -2.80. The highest BCUT2D eigenvalue weighted by Crippen LogP contribution is 2.06. The van der Waals surface area contributed by atoms with Gasteiger partial charge in [0.05, 0.1) is 11.0 Å². The molecule has 3 aromatic rings. The average Bonchev–Trinajstić information content (AvgIpc) is 2.46. The molecule has 104 valence electrons. The predicted molar refractivity (Wildman–Crippen MR) is 83.5 cm³/mol. The Morgan fingerprint density at radius 3 is 2.76 bits per heavy atom. The number of aromatic nitrogens is 4. The Morgan fingerprint density at radius 1 is 1.14 bits per heavy atom. The molecule has 0 atom stereocenters. The molecule has 0 aliphatic carbocycles. The standard InChI is InChI=1S/C14H10N4O2S/c19-12-6-8-18(14(21)17-12)7-5-11-13(20)16-10-4-2-1-3-9(10)15-11/h1-8H,(H,16,20)(H,17,19,21). The number of fused-ring (bicyclic) bond motifs is 1. The fourth-order valence-corrected chi connectivity index (χ4v) is 2.07. The van der Waals surface area contributed by atoms with Gasteiger partial charge < -0.3 is 9.55 Å². The minimum absolute atomic E-state index is 0.246. The summed E-state index contributed by atoms with van der Waals surface area (Å²) in [6, 6.07) is 8.62. The second-order valence-corrected chi connectivity index (χ2v) is 4.69. The molecule has 0 aliphatic heterocycles. The quantitative estimate of drug-likeness (QED) is 0.706. The maximum Gasteiger partial charge on any atom is 0.274 e. The molecule has 2 aromatic heterocycles. The van der Waals surface area contributed by atoms with E-state index in [-0.39, 0.29) is 21.6 Å². The van der Waals surface area contributed by atoms with Crippen molar-refractivity contribution in [3.05, 3.63) is 67.7 Å². The number of hydrogen-bond donors (Lipinski definition) is 2. The molecule has 2 heterocycles. The highest BCUT2D eigenvalue weighted by molar-refractivity contribution is 7.71. The molecule has 0 unspecified atom stereocenters. The Kier molecular flexibility index (Phi) is 3.33. The Bertz CT molecular complexity index is 1010. The SMILES string of the molecule is O=c1ccn(C=Cc2nc3ccccc3[nH]c2=O)c(=S)[nH]1. The molecule has 0 saturated carbocycles. The van der Waals surface area contributed by atoms with Crippen LogP contribution in [0.4, 0.5) is 0 Å². The average molecular weight is 298 g/mol. The molecular formula is C14H10N4O2S. The zero-order chi connectivity index (χ0) is 14.8. The first kappa shape index (κ1) is 13.2. The minimum atomic E-state index is -0.291. The van der Waals surface area contributed by atoms with Crippen LogP contribution in [-0.4, -0.2) is 19.5 Å². The van der Waals surface area contributed by atoms with Gasteiger partial charge in [0, 0.05) is 18.5 Å². The third-order valence-corrected chi connectivity index (χ3v) is 3.18. The molecule has 0 amide bonds. The lowest BCUT2D eigenvalue weighted by Gasteiger charge is -2.00. The summed E-state index contributed by atoms with van der Waals surface area (Å²) in [5.41, 5.74) is 1.08. The molecule has 2 N–H and O–H groups in total. The second kappa shape index (κ2) is 5.29. The number of benzene rings is 1. The van der Waals surface area contributed by atoms with Gasteiger partial charge in [-0.1, -0.05) is 12.1 Å². The number of nitrogens with one attached hydrogen (secondary N) is 2. The lowest BCUT2D eigenvalue weighted by molar-refractivity contribution is 0.985. The number of aromatic amines is 2. The summed E-state index contributed by atoms with van der Waals surface area (Å²) < 4.78 is 1.77. The Morgan fingerprint density at radius 2 is 1.95 bits per heavy atom. The lowest BCUT2D eigenvalue weighted by atomic mass is 10.3. The van der Waals surface area contributed by atoms with Crippen LogP contribution in [0.25, 0.3) is 23.3 Å². The van der Waals surface area contributed by atoms with Crippen LogP contribution < -0.4 is 11.1 Å². The smallest absolute Gasteiger partial charge is 0.274 e. The molecule has 6 nitrogen and oxygen atoms in total. The van der Waals surface area contributed by atoms with Gasteiger partial charge in [-0.3, -0.25) is 14.6 Å². The summed E-state index contributed by atoms with van der Waals surface area (Å²) in [6.45, 7) is 0. The summed E-state index contributed by atoms with van der Waals surface area (Å²) in [6.07, 6.45) is 4.64. The molecule has 0 radical (unpaired) electrons. The highest BCUT2D eigenvalue weighted by Gasteiger charge is 2.00. The molecule has 0 spiro atoms. The molecule has 7 heteroatoms. The predicted octanol–water partition coefficient (Wildman–Crippen LogP) is 1.77. The molecule has 0 aliphatic rings. The van der Waals surface area contributed by atoms with E-state index >= 15 is 0 Å². The van der Waals surface area contributed by atoms with Crippen LogP contribution in [-0.2, 0) is 0 Å². The number of para-hydroxylation sites is 2. The number of nitrogens with zero attached hydrogens (tertiary/aromatic N) is 2. The van der Waals surface area contributed by atoms with Gasteiger partial charge in [-0.15, -0.1) is 0 Å². The van der Waals surface area contributed by atoms with E-state index in [0.717, 1.165) is 0 Å². The Balaban J connectivity index is 2.07.